The van der Waals surface area contributed by atoms with Gasteiger partial charge in [-0.15, -0.1) is 0 Å². The third-order valence-corrected chi connectivity index (χ3v) is 7.08. The van der Waals surface area contributed by atoms with Gasteiger partial charge in [0.1, 0.15) is 10.9 Å². The Hall–Kier alpha value is -2.90. The number of nitrogens with one attached hydrogen (secondary N) is 1. The monoisotopic (exact) mass is 461 g/mol. The van der Waals surface area contributed by atoms with Crippen LogP contribution in [0.3, 0.4) is 0 Å². The first-order valence-electron chi connectivity index (χ1n) is 10.7. The molecule has 5 rings (SSSR count). The molecule has 1 aliphatic carbocycles. The molecule has 1 saturated heterocycles. The first-order chi connectivity index (χ1) is 15.6. The third kappa shape index (κ3) is 4.49. The van der Waals surface area contributed by atoms with E-state index >= 15 is 0 Å². The van der Waals surface area contributed by atoms with Crippen molar-refractivity contribution < 1.29 is 9.59 Å². The molecule has 1 aromatic heterocycles. The molecule has 0 atom stereocenters. The number of aromatic nitrogens is 1. The van der Waals surface area contributed by atoms with Crippen molar-refractivity contribution in [1.82, 2.24) is 14.8 Å². The number of thiocarbonyl (C=S) groups is 1. The lowest BCUT2D eigenvalue weighted by atomic mass is 10.1. The summed E-state index contributed by atoms with van der Waals surface area (Å²) in [6, 6.07) is 18.4. The Balaban J connectivity index is 1.37. The van der Waals surface area contributed by atoms with Crippen molar-refractivity contribution in [3.05, 3.63) is 76.8 Å². The van der Waals surface area contributed by atoms with E-state index in [2.05, 4.69) is 17.4 Å². The molecule has 32 heavy (non-hydrogen) atoms. The Morgan fingerprint density at radius 2 is 1.88 bits per heavy atom. The molecule has 1 aliphatic heterocycles. The van der Waals surface area contributed by atoms with Crippen LogP contribution in [0.25, 0.3) is 17.0 Å². The van der Waals surface area contributed by atoms with Gasteiger partial charge in [-0.05, 0) is 37.0 Å². The number of rotatable bonds is 7. The molecule has 2 heterocycles. The molecule has 5 nitrogen and oxygen atoms in total. The number of carbonyl (C=O) groups excluding carboxylic acids is 2. The molecule has 7 heteroatoms. The smallest absolute Gasteiger partial charge is 0.266 e. The largest absolute Gasteiger partial charge is 0.352 e. The van der Waals surface area contributed by atoms with E-state index < -0.39 is 0 Å². The van der Waals surface area contributed by atoms with Crippen LogP contribution in [0.2, 0.25) is 0 Å². The van der Waals surface area contributed by atoms with Crippen LogP contribution in [-0.4, -0.2) is 38.2 Å². The number of nitrogens with zero attached hydrogens (tertiary/aromatic N) is 2. The first-order valence-corrected chi connectivity index (χ1v) is 12.0. The Morgan fingerprint density at radius 1 is 1.12 bits per heavy atom. The zero-order chi connectivity index (χ0) is 22.1. The molecule has 0 spiro atoms. The van der Waals surface area contributed by atoms with Crippen LogP contribution in [0.4, 0.5) is 0 Å². The normalized spacial score (nSPS) is 17.5. The highest BCUT2D eigenvalue weighted by Gasteiger charge is 2.32. The van der Waals surface area contributed by atoms with Crippen LogP contribution in [-0.2, 0) is 22.6 Å². The molecule has 2 fully saturated rings. The predicted octanol–water partition coefficient (Wildman–Crippen LogP) is 4.36. The summed E-state index contributed by atoms with van der Waals surface area (Å²) in [5, 5.41) is 4.05. The number of fused-ring (bicyclic) bond motifs is 1. The minimum atomic E-state index is -0.0563. The Labute approximate surface area is 196 Å². The molecule has 0 radical (unpaired) electrons. The summed E-state index contributed by atoms with van der Waals surface area (Å²) in [6.45, 7) is 0.831. The van der Waals surface area contributed by atoms with Gasteiger partial charge in [0.2, 0.25) is 5.91 Å². The summed E-state index contributed by atoms with van der Waals surface area (Å²) < 4.78 is 2.54. The maximum Gasteiger partial charge on any atom is 0.266 e. The van der Waals surface area contributed by atoms with Gasteiger partial charge in [0.05, 0.1) is 4.91 Å². The molecule has 2 aromatic carbocycles. The van der Waals surface area contributed by atoms with E-state index in [0.29, 0.717) is 21.8 Å². The van der Waals surface area contributed by atoms with Crippen molar-refractivity contribution >= 4 is 57.1 Å². The van der Waals surface area contributed by atoms with E-state index in [0.717, 1.165) is 35.7 Å². The first kappa shape index (κ1) is 21.0. The van der Waals surface area contributed by atoms with Crippen LogP contribution < -0.4 is 5.32 Å². The average molecular weight is 462 g/mol. The maximum atomic E-state index is 13.1. The van der Waals surface area contributed by atoms with Gasteiger partial charge < -0.3 is 9.88 Å². The quantitative estimate of drug-likeness (QED) is 0.420. The highest BCUT2D eigenvalue weighted by Crippen LogP contribution is 2.34. The molecule has 3 aromatic rings. The topological polar surface area (TPSA) is 54.3 Å². The molecular formula is C25H23N3O2S2. The molecule has 162 valence electrons. The fourth-order valence-corrected chi connectivity index (χ4v) is 5.20. The molecule has 2 amide bonds. The Morgan fingerprint density at radius 3 is 2.66 bits per heavy atom. The number of hydrogen-bond donors (Lipinski definition) is 1. The third-order valence-electron chi connectivity index (χ3n) is 5.70. The number of amides is 2. The van der Waals surface area contributed by atoms with Crippen molar-refractivity contribution in [3.63, 3.8) is 0 Å². The fraction of sp³-hybridized carbons (Fsp3) is 0.240. The predicted molar refractivity (Wildman–Crippen MR) is 133 cm³/mol. The van der Waals surface area contributed by atoms with Gasteiger partial charge in [-0.3, -0.25) is 14.5 Å². The highest BCUT2D eigenvalue weighted by molar-refractivity contribution is 8.26. The summed E-state index contributed by atoms with van der Waals surface area (Å²) >= 11 is 6.84. The molecule has 0 unspecified atom stereocenters. The van der Waals surface area contributed by atoms with Crippen LogP contribution >= 0.6 is 24.0 Å². The van der Waals surface area contributed by atoms with Crippen LogP contribution in [0.1, 0.15) is 24.0 Å². The molecule has 2 aliphatic rings. The molecule has 1 N–H and O–H groups in total. The molecular weight excluding hydrogens is 438 g/mol. The van der Waals surface area contributed by atoms with Gasteiger partial charge >= 0.3 is 0 Å². The van der Waals surface area contributed by atoms with Gasteiger partial charge in [0.15, 0.2) is 0 Å². The van der Waals surface area contributed by atoms with E-state index in [1.165, 1.54) is 17.3 Å². The summed E-state index contributed by atoms with van der Waals surface area (Å²) in [7, 11) is 0. The fourth-order valence-electron chi connectivity index (χ4n) is 3.90. The zero-order valence-electron chi connectivity index (χ0n) is 17.5. The Kier molecular flexibility index (Phi) is 5.85. The van der Waals surface area contributed by atoms with Gasteiger partial charge in [0.25, 0.3) is 5.91 Å². The minimum absolute atomic E-state index is 0.0204. The lowest BCUT2D eigenvalue weighted by molar-refractivity contribution is -0.122. The minimum Gasteiger partial charge on any atom is -0.352 e. The summed E-state index contributed by atoms with van der Waals surface area (Å²) in [5.74, 6) is -0.0359. The SMILES string of the molecule is O=C(Cn1cc(/C=C2\SC(=S)N(CCc3ccccc3)C2=O)c2ccccc21)NC1CC1. The lowest BCUT2D eigenvalue weighted by Crippen LogP contribution is -2.30. The summed E-state index contributed by atoms with van der Waals surface area (Å²) in [6.07, 6.45) is 6.74. The number of hydrogen-bond acceptors (Lipinski definition) is 4. The standard InChI is InChI=1S/C25H23N3O2S2/c29-23(26-19-10-11-19)16-27-15-18(20-8-4-5-9-21(20)27)14-22-24(30)28(25(31)32-22)13-12-17-6-2-1-3-7-17/h1-9,14-15,19H,10-13,16H2,(H,26,29)/b22-14-. The van der Waals surface area contributed by atoms with Gasteiger partial charge in [-0.1, -0.05) is 72.5 Å². The van der Waals surface area contributed by atoms with Crippen molar-refractivity contribution in [3.8, 4) is 0 Å². The maximum absolute atomic E-state index is 13.1. The van der Waals surface area contributed by atoms with E-state index in [9.17, 15) is 9.59 Å². The second kappa shape index (κ2) is 8.92. The number of thioether (sulfide) groups is 1. The second-order valence-electron chi connectivity index (χ2n) is 8.14. The number of para-hydroxylation sites is 1. The second-order valence-corrected chi connectivity index (χ2v) is 9.82. The van der Waals surface area contributed by atoms with Gasteiger partial charge in [-0.25, -0.2) is 0 Å². The number of benzene rings is 2. The summed E-state index contributed by atoms with van der Waals surface area (Å²) in [4.78, 5) is 27.7. The average Bonchev–Trinajstić information content (AvgIpc) is 3.49. The van der Waals surface area contributed by atoms with E-state index in [-0.39, 0.29) is 18.4 Å². The van der Waals surface area contributed by atoms with Crippen molar-refractivity contribution in [1.29, 1.82) is 0 Å². The van der Waals surface area contributed by atoms with Crippen LogP contribution in [0.15, 0.2) is 65.7 Å². The summed E-state index contributed by atoms with van der Waals surface area (Å²) in [5.41, 5.74) is 3.07. The van der Waals surface area contributed by atoms with Crippen molar-refractivity contribution in [2.24, 2.45) is 0 Å². The van der Waals surface area contributed by atoms with E-state index in [1.807, 2.05) is 59.3 Å². The van der Waals surface area contributed by atoms with Crippen molar-refractivity contribution in [2.75, 3.05) is 6.54 Å². The lowest BCUT2D eigenvalue weighted by Gasteiger charge is -2.14. The van der Waals surface area contributed by atoms with Crippen LogP contribution in [0.5, 0.6) is 0 Å². The highest BCUT2D eigenvalue weighted by atomic mass is 32.2. The van der Waals surface area contributed by atoms with Crippen LogP contribution in [0, 0.1) is 0 Å². The van der Waals surface area contributed by atoms with Gasteiger partial charge in [0, 0.05) is 35.2 Å². The van der Waals surface area contributed by atoms with Crippen molar-refractivity contribution in [2.45, 2.75) is 31.8 Å². The zero-order valence-corrected chi connectivity index (χ0v) is 19.1. The van der Waals surface area contributed by atoms with E-state index in [4.69, 9.17) is 12.2 Å². The molecule has 1 saturated carbocycles. The van der Waals surface area contributed by atoms with Gasteiger partial charge in [-0.2, -0.15) is 0 Å². The molecule has 0 bridgehead atoms. The number of carbonyl (C=O) groups is 2. The Bertz CT molecular complexity index is 1230. The van der Waals surface area contributed by atoms with E-state index in [1.54, 1.807) is 4.90 Å².